The average Bonchev–Trinajstić information content (AvgIpc) is 2.67. The predicted octanol–water partition coefficient (Wildman–Crippen LogP) is 2.88. The van der Waals surface area contributed by atoms with Gasteiger partial charge >= 0.3 is 0 Å². The first-order valence-electron chi connectivity index (χ1n) is 5.26. The minimum absolute atomic E-state index is 0.533. The maximum atomic E-state index is 10.4. The molecule has 2 rings (SSSR count). The number of fused-ring (bicyclic) bond motifs is 1. The smallest absolute Gasteiger partial charge is 0.176 e. The Labute approximate surface area is 94.0 Å². The maximum Gasteiger partial charge on any atom is 0.176 e. The molecule has 1 aromatic heterocycles. The number of methoxy groups -OCH3 is 1. The fraction of sp³-hybridized carbons (Fsp3) is 0.308. The Bertz CT molecular complexity index is 511. The number of aryl methyl sites for hydroxylation is 2. The van der Waals surface area contributed by atoms with Gasteiger partial charge in [0.05, 0.1) is 7.11 Å². The van der Waals surface area contributed by atoms with Gasteiger partial charge in [0.15, 0.2) is 11.3 Å². The number of benzene rings is 1. The number of carbonyl (C=O) groups is 1. The van der Waals surface area contributed by atoms with Gasteiger partial charge in [-0.3, -0.25) is 0 Å². The quantitative estimate of drug-likeness (QED) is 0.741. The van der Waals surface area contributed by atoms with Crippen LogP contribution in [0.3, 0.4) is 0 Å². The molecule has 0 aliphatic heterocycles. The maximum absolute atomic E-state index is 10.4. The molecule has 84 valence electrons. The van der Waals surface area contributed by atoms with Crippen LogP contribution in [0.5, 0.6) is 5.75 Å². The Morgan fingerprint density at radius 1 is 1.44 bits per heavy atom. The number of hydrogen-bond acceptors (Lipinski definition) is 3. The molecular formula is C13H14O3. The summed E-state index contributed by atoms with van der Waals surface area (Å²) >= 11 is 0. The summed E-state index contributed by atoms with van der Waals surface area (Å²) in [7, 11) is 1.62. The van der Waals surface area contributed by atoms with Crippen molar-refractivity contribution in [3.8, 4) is 5.75 Å². The Morgan fingerprint density at radius 2 is 2.25 bits per heavy atom. The highest BCUT2D eigenvalue weighted by Gasteiger charge is 2.10. The van der Waals surface area contributed by atoms with Crippen molar-refractivity contribution in [3.05, 3.63) is 29.5 Å². The lowest BCUT2D eigenvalue weighted by molar-refractivity contribution is -0.107. The van der Waals surface area contributed by atoms with Gasteiger partial charge in [0, 0.05) is 11.8 Å². The Morgan fingerprint density at radius 3 is 2.94 bits per heavy atom. The van der Waals surface area contributed by atoms with Crippen LogP contribution < -0.4 is 4.74 Å². The average molecular weight is 218 g/mol. The van der Waals surface area contributed by atoms with Crippen molar-refractivity contribution in [3.63, 3.8) is 0 Å². The molecule has 16 heavy (non-hydrogen) atoms. The molecule has 0 aliphatic rings. The molecule has 0 amide bonds. The van der Waals surface area contributed by atoms with E-state index in [9.17, 15) is 4.79 Å². The number of furan rings is 1. The van der Waals surface area contributed by atoms with E-state index in [0.29, 0.717) is 6.42 Å². The summed E-state index contributed by atoms with van der Waals surface area (Å²) in [5, 5.41) is 1.04. The van der Waals surface area contributed by atoms with Gasteiger partial charge in [-0.15, -0.1) is 0 Å². The molecule has 2 aromatic rings. The predicted molar refractivity (Wildman–Crippen MR) is 61.9 cm³/mol. The highest BCUT2D eigenvalue weighted by molar-refractivity contribution is 5.87. The van der Waals surface area contributed by atoms with Gasteiger partial charge in [-0.25, -0.2) is 0 Å². The second-order valence-corrected chi connectivity index (χ2v) is 3.73. The fourth-order valence-corrected chi connectivity index (χ4v) is 1.87. The van der Waals surface area contributed by atoms with Gasteiger partial charge in [0.2, 0.25) is 0 Å². The zero-order valence-corrected chi connectivity index (χ0v) is 9.45. The molecule has 0 radical (unpaired) electrons. The zero-order chi connectivity index (χ0) is 11.5. The van der Waals surface area contributed by atoms with E-state index < -0.39 is 0 Å². The number of ether oxygens (including phenoxy) is 1. The molecular weight excluding hydrogens is 204 g/mol. The Balaban J connectivity index is 2.54. The summed E-state index contributed by atoms with van der Waals surface area (Å²) in [6.45, 7) is 1.91. The van der Waals surface area contributed by atoms with Crippen molar-refractivity contribution in [1.29, 1.82) is 0 Å². The molecule has 0 fully saturated rings. The van der Waals surface area contributed by atoms with Crippen LogP contribution in [0.2, 0.25) is 0 Å². The Hall–Kier alpha value is -1.77. The second kappa shape index (κ2) is 4.39. The number of hydrogen-bond donors (Lipinski definition) is 0. The number of rotatable bonds is 4. The van der Waals surface area contributed by atoms with Crippen molar-refractivity contribution in [2.24, 2.45) is 0 Å². The van der Waals surface area contributed by atoms with Gasteiger partial charge in [-0.1, -0.05) is 6.07 Å². The zero-order valence-electron chi connectivity index (χ0n) is 9.45. The minimum atomic E-state index is 0.533. The van der Waals surface area contributed by atoms with Crippen molar-refractivity contribution < 1.29 is 13.9 Å². The van der Waals surface area contributed by atoms with Crippen LogP contribution in [0.1, 0.15) is 17.7 Å². The first-order chi connectivity index (χ1) is 7.76. The van der Waals surface area contributed by atoms with E-state index in [0.717, 1.165) is 40.7 Å². The van der Waals surface area contributed by atoms with Gasteiger partial charge in [0.1, 0.15) is 12.0 Å². The lowest BCUT2D eigenvalue weighted by Gasteiger charge is -2.04. The molecule has 0 unspecified atom stereocenters. The normalized spacial score (nSPS) is 10.6. The third kappa shape index (κ3) is 1.81. The molecule has 0 spiro atoms. The van der Waals surface area contributed by atoms with Gasteiger partial charge in [-0.2, -0.15) is 0 Å². The lowest BCUT2D eigenvalue weighted by atomic mass is 10.1. The summed E-state index contributed by atoms with van der Waals surface area (Å²) < 4.78 is 10.8. The monoisotopic (exact) mass is 218 g/mol. The van der Waals surface area contributed by atoms with E-state index in [1.165, 1.54) is 0 Å². The molecule has 1 aromatic carbocycles. The molecule has 0 saturated carbocycles. The Kier molecular flexibility index (Phi) is 2.95. The van der Waals surface area contributed by atoms with Crippen LogP contribution in [-0.2, 0) is 11.2 Å². The third-order valence-electron chi connectivity index (χ3n) is 2.61. The summed E-state index contributed by atoms with van der Waals surface area (Å²) in [5.74, 6) is 1.59. The summed E-state index contributed by atoms with van der Waals surface area (Å²) in [6, 6.07) is 5.85. The van der Waals surface area contributed by atoms with Crippen molar-refractivity contribution in [1.82, 2.24) is 0 Å². The SMILES string of the molecule is COc1ccc(CCC=O)c2cc(C)oc12. The van der Waals surface area contributed by atoms with Gasteiger partial charge in [0.25, 0.3) is 0 Å². The van der Waals surface area contributed by atoms with E-state index in [1.54, 1.807) is 7.11 Å². The fourth-order valence-electron chi connectivity index (χ4n) is 1.87. The van der Waals surface area contributed by atoms with Crippen LogP contribution in [0.25, 0.3) is 11.0 Å². The lowest BCUT2D eigenvalue weighted by Crippen LogP contribution is -1.89. The topological polar surface area (TPSA) is 39.4 Å². The van der Waals surface area contributed by atoms with Crippen LogP contribution in [0.4, 0.5) is 0 Å². The molecule has 3 nitrogen and oxygen atoms in total. The molecule has 0 bridgehead atoms. The number of carbonyl (C=O) groups excluding carboxylic acids is 1. The van der Waals surface area contributed by atoms with Crippen LogP contribution in [0.15, 0.2) is 22.6 Å². The van der Waals surface area contributed by atoms with Crippen LogP contribution >= 0.6 is 0 Å². The highest BCUT2D eigenvalue weighted by atomic mass is 16.5. The highest BCUT2D eigenvalue weighted by Crippen LogP contribution is 2.31. The van der Waals surface area contributed by atoms with E-state index in [4.69, 9.17) is 9.15 Å². The van der Waals surface area contributed by atoms with Crippen molar-refractivity contribution >= 4 is 17.3 Å². The van der Waals surface area contributed by atoms with Crippen molar-refractivity contribution in [2.45, 2.75) is 19.8 Å². The van der Waals surface area contributed by atoms with Crippen LogP contribution in [0, 0.1) is 6.92 Å². The molecule has 1 heterocycles. The summed E-state index contributed by atoms with van der Waals surface area (Å²) in [4.78, 5) is 10.4. The number of aldehydes is 1. The van der Waals surface area contributed by atoms with E-state index in [2.05, 4.69) is 0 Å². The minimum Gasteiger partial charge on any atom is -0.493 e. The van der Waals surface area contributed by atoms with E-state index >= 15 is 0 Å². The van der Waals surface area contributed by atoms with Crippen molar-refractivity contribution in [2.75, 3.05) is 7.11 Å². The summed E-state index contributed by atoms with van der Waals surface area (Å²) in [5.41, 5.74) is 1.89. The van der Waals surface area contributed by atoms with Gasteiger partial charge in [-0.05, 0) is 31.0 Å². The molecule has 0 saturated heterocycles. The molecule has 0 atom stereocenters. The second-order valence-electron chi connectivity index (χ2n) is 3.73. The first kappa shape index (κ1) is 10.7. The van der Waals surface area contributed by atoms with E-state index in [-0.39, 0.29) is 0 Å². The summed E-state index contributed by atoms with van der Waals surface area (Å²) in [6.07, 6.45) is 2.21. The first-order valence-corrected chi connectivity index (χ1v) is 5.26. The molecule has 0 N–H and O–H groups in total. The van der Waals surface area contributed by atoms with Crippen LogP contribution in [-0.4, -0.2) is 13.4 Å². The van der Waals surface area contributed by atoms with E-state index in [1.807, 2.05) is 25.1 Å². The third-order valence-corrected chi connectivity index (χ3v) is 2.61. The molecule has 0 aliphatic carbocycles. The van der Waals surface area contributed by atoms with Gasteiger partial charge < -0.3 is 13.9 Å². The standard InChI is InChI=1S/C13H14O3/c1-9-8-11-10(4-3-7-14)5-6-12(15-2)13(11)16-9/h5-8H,3-4H2,1-2H3. The largest absolute Gasteiger partial charge is 0.493 e. The molecule has 3 heteroatoms.